The minimum absolute atomic E-state index is 0.0964. The Balaban J connectivity index is 2.20. The Kier molecular flexibility index (Phi) is 6.07. The summed E-state index contributed by atoms with van der Waals surface area (Å²) in [5.74, 6) is -1.15. The summed E-state index contributed by atoms with van der Waals surface area (Å²) < 4.78 is 5.26. The second-order valence-electron chi connectivity index (χ2n) is 6.83. The first-order valence-electron chi connectivity index (χ1n) is 8.41. The van der Waals surface area contributed by atoms with Crippen molar-refractivity contribution in [3.05, 3.63) is 23.8 Å². The lowest BCUT2D eigenvalue weighted by Gasteiger charge is -2.34. The van der Waals surface area contributed by atoms with Gasteiger partial charge in [0.15, 0.2) is 0 Å². The first-order valence-corrected chi connectivity index (χ1v) is 8.41. The maximum atomic E-state index is 12.6. The number of nitrogens with one attached hydrogen (secondary N) is 1. The van der Waals surface area contributed by atoms with E-state index in [9.17, 15) is 19.5 Å². The molecule has 1 aliphatic rings. The van der Waals surface area contributed by atoms with E-state index in [2.05, 4.69) is 5.32 Å². The summed E-state index contributed by atoms with van der Waals surface area (Å²) in [4.78, 5) is 39.0. The summed E-state index contributed by atoms with van der Waals surface area (Å²) in [7, 11) is 4.76. The molecule has 0 radical (unpaired) electrons. The minimum Gasteiger partial charge on any atom is -0.495 e. The zero-order valence-corrected chi connectivity index (χ0v) is 15.5. The van der Waals surface area contributed by atoms with Crippen LogP contribution in [0.5, 0.6) is 5.75 Å². The van der Waals surface area contributed by atoms with E-state index in [-0.39, 0.29) is 18.4 Å². The number of benzene rings is 1. The van der Waals surface area contributed by atoms with Gasteiger partial charge in [0.2, 0.25) is 0 Å². The summed E-state index contributed by atoms with van der Waals surface area (Å²) in [6, 6.07) is 4.39. The molecule has 0 saturated carbocycles. The smallest absolute Gasteiger partial charge is 0.321 e. The summed E-state index contributed by atoms with van der Waals surface area (Å²) in [5, 5.41) is 12.0. The zero-order valence-electron chi connectivity index (χ0n) is 15.5. The van der Waals surface area contributed by atoms with Crippen molar-refractivity contribution in [1.82, 2.24) is 9.80 Å². The van der Waals surface area contributed by atoms with E-state index < -0.39 is 17.9 Å². The molecule has 2 unspecified atom stereocenters. The molecule has 2 rings (SSSR count). The molecule has 2 N–H and O–H groups in total. The van der Waals surface area contributed by atoms with Crippen molar-refractivity contribution in [3.8, 4) is 5.75 Å². The van der Waals surface area contributed by atoms with Gasteiger partial charge in [-0.25, -0.2) is 4.79 Å². The van der Waals surface area contributed by atoms with Gasteiger partial charge in [0.05, 0.1) is 18.7 Å². The van der Waals surface area contributed by atoms with Crippen molar-refractivity contribution < 1.29 is 24.2 Å². The van der Waals surface area contributed by atoms with Gasteiger partial charge < -0.3 is 25.0 Å². The number of carboxylic acid groups (broad SMARTS) is 1. The molecule has 8 nitrogen and oxygen atoms in total. The highest BCUT2D eigenvalue weighted by Gasteiger charge is 2.32. The Hall–Kier alpha value is -2.77. The fourth-order valence-corrected chi connectivity index (χ4v) is 3.09. The number of rotatable bonds is 4. The number of nitrogens with zero attached hydrogens (tertiary/aromatic N) is 2. The van der Waals surface area contributed by atoms with Crippen LogP contribution in [0.4, 0.5) is 10.5 Å². The van der Waals surface area contributed by atoms with Crippen LogP contribution in [0.2, 0.25) is 0 Å². The normalized spacial score (nSPS) is 19.6. The number of hydrogen-bond donors (Lipinski definition) is 2. The molecule has 8 heteroatoms. The topological polar surface area (TPSA) is 99.2 Å². The second-order valence-corrected chi connectivity index (χ2v) is 6.83. The van der Waals surface area contributed by atoms with Gasteiger partial charge in [-0.05, 0) is 30.5 Å². The van der Waals surface area contributed by atoms with Gasteiger partial charge in [-0.3, -0.25) is 9.59 Å². The quantitative estimate of drug-likeness (QED) is 0.852. The van der Waals surface area contributed by atoms with Crippen molar-refractivity contribution in [2.45, 2.75) is 13.3 Å². The van der Waals surface area contributed by atoms with Crippen LogP contribution in [0.15, 0.2) is 18.2 Å². The Labute approximate surface area is 152 Å². The molecule has 26 heavy (non-hydrogen) atoms. The van der Waals surface area contributed by atoms with Gasteiger partial charge >= 0.3 is 12.0 Å². The van der Waals surface area contributed by atoms with Crippen molar-refractivity contribution in [2.24, 2.45) is 11.8 Å². The Bertz CT molecular complexity index is 704. The lowest BCUT2D eigenvalue weighted by molar-refractivity contribution is -0.143. The lowest BCUT2D eigenvalue weighted by atomic mass is 9.91. The molecule has 1 aromatic rings. The number of aliphatic carboxylic acids is 1. The van der Waals surface area contributed by atoms with Gasteiger partial charge in [-0.2, -0.15) is 0 Å². The fourth-order valence-electron chi connectivity index (χ4n) is 3.09. The highest BCUT2D eigenvalue weighted by Crippen LogP contribution is 2.28. The number of ether oxygens (including phenoxy) is 1. The number of hydrogen-bond acceptors (Lipinski definition) is 4. The average molecular weight is 363 g/mol. The molecule has 1 aromatic carbocycles. The Morgan fingerprint density at radius 2 is 1.96 bits per heavy atom. The van der Waals surface area contributed by atoms with Crippen LogP contribution in [-0.2, 0) is 4.79 Å². The van der Waals surface area contributed by atoms with Crippen molar-refractivity contribution in [2.75, 3.05) is 39.6 Å². The Morgan fingerprint density at radius 1 is 1.27 bits per heavy atom. The lowest BCUT2D eigenvalue weighted by Crippen LogP contribution is -2.47. The number of piperidine rings is 1. The third kappa shape index (κ3) is 4.44. The molecule has 0 aliphatic carbocycles. The molecule has 0 spiro atoms. The van der Waals surface area contributed by atoms with Crippen molar-refractivity contribution in [1.29, 1.82) is 0 Å². The maximum Gasteiger partial charge on any atom is 0.321 e. The molecule has 2 atom stereocenters. The molecular weight excluding hydrogens is 338 g/mol. The number of amides is 3. The third-order valence-corrected chi connectivity index (χ3v) is 4.39. The van der Waals surface area contributed by atoms with Crippen molar-refractivity contribution >= 4 is 23.6 Å². The van der Waals surface area contributed by atoms with E-state index in [1.165, 1.54) is 16.9 Å². The molecule has 1 fully saturated rings. The van der Waals surface area contributed by atoms with E-state index in [0.29, 0.717) is 30.0 Å². The molecule has 0 aromatic heterocycles. The highest BCUT2D eigenvalue weighted by molar-refractivity contribution is 5.98. The number of carbonyl (C=O) groups is 3. The van der Waals surface area contributed by atoms with Gasteiger partial charge in [0.25, 0.3) is 5.91 Å². The number of carboxylic acids is 1. The van der Waals surface area contributed by atoms with E-state index in [1.807, 2.05) is 6.92 Å². The van der Waals surface area contributed by atoms with Crippen LogP contribution >= 0.6 is 0 Å². The van der Waals surface area contributed by atoms with Crippen LogP contribution < -0.4 is 10.1 Å². The van der Waals surface area contributed by atoms with E-state index in [4.69, 9.17) is 4.74 Å². The standard InChI is InChI=1S/C18H25N3O5/c1-11-7-13(17(23)24)10-21(9-11)18(25)19-14-8-12(16(22)20(2)3)5-6-15(14)26-4/h5-6,8,11,13H,7,9-10H2,1-4H3,(H,19,25)(H,23,24). The summed E-state index contributed by atoms with van der Waals surface area (Å²) >= 11 is 0. The average Bonchev–Trinajstić information content (AvgIpc) is 2.60. The van der Waals surface area contributed by atoms with Crippen LogP contribution in [0.3, 0.4) is 0 Å². The highest BCUT2D eigenvalue weighted by atomic mass is 16.5. The molecule has 1 saturated heterocycles. The van der Waals surface area contributed by atoms with Crippen LogP contribution in [0, 0.1) is 11.8 Å². The number of urea groups is 1. The first-order chi connectivity index (χ1) is 12.2. The number of anilines is 1. The summed E-state index contributed by atoms with van der Waals surface area (Å²) in [5.41, 5.74) is 0.789. The minimum atomic E-state index is -0.898. The molecule has 3 amide bonds. The number of likely N-dealkylation sites (tertiary alicyclic amines) is 1. The second kappa shape index (κ2) is 8.07. The first kappa shape index (κ1) is 19.6. The molecular formula is C18H25N3O5. The molecule has 1 aliphatic heterocycles. The Morgan fingerprint density at radius 3 is 2.54 bits per heavy atom. The van der Waals surface area contributed by atoms with Crippen LogP contribution in [0.25, 0.3) is 0 Å². The largest absolute Gasteiger partial charge is 0.495 e. The monoisotopic (exact) mass is 363 g/mol. The predicted molar refractivity (Wildman–Crippen MR) is 96.5 cm³/mol. The zero-order chi connectivity index (χ0) is 19.4. The van der Waals surface area contributed by atoms with Crippen LogP contribution in [-0.4, -0.2) is 67.1 Å². The summed E-state index contributed by atoms with van der Waals surface area (Å²) in [6.07, 6.45) is 0.551. The summed E-state index contributed by atoms with van der Waals surface area (Å²) in [6.45, 7) is 2.56. The number of methoxy groups -OCH3 is 1. The maximum absolute atomic E-state index is 12.6. The van der Waals surface area contributed by atoms with E-state index in [1.54, 1.807) is 32.3 Å². The van der Waals surface area contributed by atoms with E-state index >= 15 is 0 Å². The van der Waals surface area contributed by atoms with E-state index in [0.717, 1.165) is 0 Å². The van der Waals surface area contributed by atoms with Gasteiger partial charge in [-0.15, -0.1) is 0 Å². The molecule has 1 heterocycles. The van der Waals surface area contributed by atoms with Gasteiger partial charge in [-0.1, -0.05) is 6.92 Å². The van der Waals surface area contributed by atoms with Crippen molar-refractivity contribution in [3.63, 3.8) is 0 Å². The SMILES string of the molecule is COc1ccc(C(=O)N(C)C)cc1NC(=O)N1CC(C)CC(C(=O)O)C1. The van der Waals surface area contributed by atoms with Gasteiger partial charge in [0.1, 0.15) is 5.75 Å². The molecule has 0 bridgehead atoms. The molecule has 142 valence electrons. The van der Waals surface area contributed by atoms with Crippen LogP contribution in [0.1, 0.15) is 23.7 Å². The third-order valence-electron chi connectivity index (χ3n) is 4.39. The van der Waals surface area contributed by atoms with Gasteiger partial charge in [0, 0.05) is 32.7 Å². The predicted octanol–water partition coefficient (Wildman–Crippen LogP) is 1.97. The fraction of sp³-hybridized carbons (Fsp3) is 0.500. The number of carbonyl (C=O) groups excluding carboxylic acids is 2.